The quantitative estimate of drug-likeness (QED) is 0.366. The van der Waals surface area contributed by atoms with Crippen LogP contribution in [0.2, 0.25) is 0 Å². The highest BCUT2D eigenvalue weighted by molar-refractivity contribution is 7.17. The van der Waals surface area contributed by atoms with Gasteiger partial charge in [-0.1, -0.05) is 32.9 Å². The molecule has 3 N–H and O–H groups in total. The van der Waals surface area contributed by atoms with Crippen molar-refractivity contribution in [1.29, 1.82) is 5.26 Å². The Bertz CT molecular complexity index is 1440. The van der Waals surface area contributed by atoms with Crippen LogP contribution in [0.4, 0.5) is 0 Å². The molecular weight excluding hydrogens is 460 g/mol. The molecule has 4 rings (SSSR count). The first-order valence-corrected chi connectivity index (χ1v) is 12.0. The van der Waals surface area contributed by atoms with E-state index in [1.165, 1.54) is 11.3 Å². The zero-order chi connectivity index (χ0) is 25.2. The number of aromatic amines is 1. The highest BCUT2D eigenvalue weighted by atomic mass is 32.1. The molecule has 4 aromatic rings. The molecule has 0 saturated heterocycles. The zero-order valence-electron chi connectivity index (χ0n) is 20.0. The fourth-order valence-electron chi connectivity index (χ4n) is 3.29. The number of nitrogens with zero attached hydrogens (tertiary/aromatic N) is 3. The number of nitrogens with one attached hydrogen (secondary N) is 3. The van der Waals surface area contributed by atoms with Gasteiger partial charge < -0.3 is 15.6 Å². The minimum absolute atomic E-state index is 0.0307. The van der Waals surface area contributed by atoms with Gasteiger partial charge in [-0.05, 0) is 42.2 Å². The number of thiophene rings is 1. The maximum atomic E-state index is 12.9. The highest BCUT2D eigenvalue weighted by Crippen LogP contribution is 2.28. The second kappa shape index (κ2) is 9.68. The fourth-order valence-corrected chi connectivity index (χ4v) is 4.17. The third-order valence-corrected chi connectivity index (χ3v) is 6.97. The van der Waals surface area contributed by atoms with E-state index in [1.54, 1.807) is 36.7 Å². The predicted octanol–water partition coefficient (Wildman–Crippen LogP) is 4.65. The summed E-state index contributed by atoms with van der Waals surface area (Å²) in [5, 5.41) is 14.9. The van der Waals surface area contributed by atoms with Crippen LogP contribution in [-0.4, -0.2) is 32.8 Å². The number of carbonyl (C=O) groups is 2. The first-order chi connectivity index (χ1) is 16.7. The van der Waals surface area contributed by atoms with Crippen molar-refractivity contribution in [3.63, 3.8) is 0 Å². The van der Waals surface area contributed by atoms with Gasteiger partial charge in [0.15, 0.2) is 5.65 Å². The number of fused-ring (bicyclic) bond motifs is 1. The summed E-state index contributed by atoms with van der Waals surface area (Å²) in [6.45, 7) is 8.50. The van der Waals surface area contributed by atoms with Gasteiger partial charge in [-0.25, -0.2) is 9.97 Å². The van der Waals surface area contributed by atoms with Crippen molar-refractivity contribution in [1.82, 2.24) is 25.6 Å². The Balaban J connectivity index is 1.51. The number of rotatable bonds is 6. The summed E-state index contributed by atoms with van der Waals surface area (Å²) in [5.41, 5.74) is 3.35. The van der Waals surface area contributed by atoms with Crippen LogP contribution in [0, 0.1) is 16.7 Å². The van der Waals surface area contributed by atoms with E-state index < -0.39 is 0 Å². The number of H-pyrrole nitrogens is 1. The molecule has 1 atom stereocenters. The van der Waals surface area contributed by atoms with Crippen LogP contribution in [0.5, 0.6) is 0 Å². The van der Waals surface area contributed by atoms with Crippen molar-refractivity contribution < 1.29 is 9.59 Å². The average molecular weight is 487 g/mol. The largest absolute Gasteiger partial charge is 0.349 e. The van der Waals surface area contributed by atoms with E-state index in [4.69, 9.17) is 5.26 Å². The van der Waals surface area contributed by atoms with Crippen molar-refractivity contribution in [3.05, 3.63) is 70.4 Å². The zero-order valence-corrected chi connectivity index (χ0v) is 20.8. The number of hydrogen-bond acceptors (Lipinski definition) is 6. The molecular formula is C26H26N6O2S. The van der Waals surface area contributed by atoms with Gasteiger partial charge in [-0.3, -0.25) is 9.59 Å². The van der Waals surface area contributed by atoms with Gasteiger partial charge in [0.1, 0.15) is 5.52 Å². The normalized spacial score (nSPS) is 12.2. The minimum atomic E-state index is -0.212. The van der Waals surface area contributed by atoms with Crippen LogP contribution in [-0.2, 0) is 6.54 Å². The Hall–Kier alpha value is -4.03. The van der Waals surface area contributed by atoms with E-state index in [0.29, 0.717) is 39.4 Å². The van der Waals surface area contributed by atoms with Gasteiger partial charge in [0.2, 0.25) is 0 Å². The maximum Gasteiger partial charge on any atom is 0.261 e. The van der Waals surface area contributed by atoms with E-state index in [0.717, 1.165) is 10.4 Å². The number of hydrogen-bond donors (Lipinski definition) is 3. The molecule has 1 aromatic carbocycles. The van der Waals surface area contributed by atoms with E-state index in [2.05, 4.69) is 52.4 Å². The molecule has 3 aromatic heterocycles. The van der Waals surface area contributed by atoms with Gasteiger partial charge in [-0.2, -0.15) is 5.26 Å². The summed E-state index contributed by atoms with van der Waals surface area (Å²) in [4.78, 5) is 38.9. The molecule has 0 fully saturated rings. The van der Waals surface area contributed by atoms with Gasteiger partial charge in [0, 0.05) is 18.8 Å². The van der Waals surface area contributed by atoms with Crippen LogP contribution in [0.3, 0.4) is 0 Å². The van der Waals surface area contributed by atoms with Crippen molar-refractivity contribution in [2.75, 3.05) is 0 Å². The molecule has 0 saturated carbocycles. The molecule has 0 radical (unpaired) electrons. The smallest absolute Gasteiger partial charge is 0.261 e. The molecule has 9 heteroatoms. The van der Waals surface area contributed by atoms with E-state index >= 15 is 0 Å². The van der Waals surface area contributed by atoms with Crippen LogP contribution in [0.15, 0.2) is 48.8 Å². The lowest BCUT2D eigenvalue weighted by Crippen LogP contribution is -2.41. The van der Waals surface area contributed by atoms with Gasteiger partial charge >= 0.3 is 0 Å². The van der Waals surface area contributed by atoms with E-state index in [9.17, 15) is 9.59 Å². The van der Waals surface area contributed by atoms with E-state index in [-0.39, 0.29) is 23.3 Å². The molecule has 0 spiro atoms. The van der Waals surface area contributed by atoms with Crippen LogP contribution in [0.1, 0.15) is 58.9 Å². The highest BCUT2D eigenvalue weighted by Gasteiger charge is 2.24. The van der Waals surface area contributed by atoms with Crippen molar-refractivity contribution in [2.45, 2.75) is 40.3 Å². The van der Waals surface area contributed by atoms with Crippen molar-refractivity contribution >= 4 is 34.3 Å². The number of nitriles is 1. The molecule has 1 unspecified atom stereocenters. The standard InChI is InChI=1S/C26H26N6O2S/c1-15(26(2,3)4)31-24(33)18-13-28-23-22(18)32-19(14-29-23)20-8-9-21(35-20)25(34)30-12-17-7-5-6-16(10-17)11-27/h5-10,13-15H,12H2,1-4H3,(H,28,29)(H,30,34)(H,31,33). The Morgan fingerprint density at radius 1 is 1.20 bits per heavy atom. The van der Waals surface area contributed by atoms with Crippen LogP contribution in [0.25, 0.3) is 21.7 Å². The molecule has 0 aliphatic carbocycles. The van der Waals surface area contributed by atoms with Crippen LogP contribution >= 0.6 is 11.3 Å². The Morgan fingerprint density at radius 3 is 2.74 bits per heavy atom. The molecule has 3 heterocycles. The van der Waals surface area contributed by atoms with Crippen LogP contribution < -0.4 is 10.6 Å². The molecule has 0 bridgehead atoms. The maximum absolute atomic E-state index is 12.9. The monoisotopic (exact) mass is 486 g/mol. The third-order valence-electron chi connectivity index (χ3n) is 5.86. The van der Waals surface area contributed by atoms with Gasteiger partial charge in [-0.15, -0.1) is 11.3 Å². The number of carbonyl (C=O) groups excluding carboxylic acids is 2. The lowest BCUT2D eigenvalue weighted by Gasteiger charge is -2.27. The summed E-state index contributed by atoms with van der Waals surface area (Å²) < 4.78 is 0. The fraction of sp³-hybridized carbons (Fsp3) is 0.269. The molecule has 178 valence electrons. The van der Waals surface area contributed by atoms with Gasteiger partial charge in [0.05, 0.1) is 38.8 Å². The topological polar surface area (TPSA) is 124 Å². The van der Waals surface area contributed by atoms with Crippen molar-refractivity contribution in [3.8, 4) is 16.6 Å². The molecule has 8 nitrogen and oxygen atoms in total. The number of aromatic nitrogens is 3. The lowest BCUT2D eigenvalue weighted by atomic mass is 9.88. The van der Waals surface area contributed by atoms with Crippen molar-refractivity contribution in [2.24, 2.45) is 5.41 Å². The van der Waals surface area contributed by atoms with E-state index in [1.807, 2.05) is 19.1 Å². The number of amides is 2. The summed E-state index contributed by atoms with van der Waals surface area (Å²) >= 11 is 1.30. The first-order valence-electron chi connectivity index (χ1n) is 11.2. The summed E-state index contributed by atoms with van der Waals surface area (Å²) in [6, 6.07) is 12.7. The lowest BCUT2D eigenvalue weighted by molar-refractivity contribution is 0.0910. The summed E-state index contributed by atoms with van der Waals surface area (Å²) in [6.07, 6.45) is 3.24. The molecule has 2 amide bonds. The average Bonchev–Trinajstić information content (AvgIpc) is 3.49. The molecule has 0 aliphatic rings. The second-order valence-corrected chi connectivity index (χ2v) is 10.5. The Morgan fingerprint density at radius 2 is 2.00 bits per heavy atom. The number of benzene rings is 1. The third kappa shape index (κ3) is 5.39. The predicted molar refractivity (Wildman–Crippen MR) is 136 cm³/mol. The SMILES string of the molecule is CC(NC(=O)c1c[nH]c2ncc(-c3ccc(C(=O)NCc4cccc(C#N)c4)s3)nc12)C(C)(C)C. The Kier molecular flexibility index (Phi) is 6.67. The summed E-state index contributed by atoms with van der Waals surface area (Å²) in [7, 11) is 0. The second-order valence-electron chi connectivity index (χ2n) is 9.37. The summed E-state index contributed by atoms with van der Waals surface area (Å²) in [5.74, 6) is -0.424. The minimum Gasteiger partial charge on any atom is -0.349 e. The Labute approximate surface area is 207 Å². The van der Waals surface area contributed by atoms with Gasteiger partial charge in [0.25, 0.3) is 11.8 Å². The molecule has 0 aliphatic heterocycles. The first kappa shape index (κ1) is 24.1. The molecule has 35 heavy (non-hydrogen) atoms.